The third kappa shape index (κ3) is 3.72. The van der Waals surface area contributed by atoms with E-state index in [4.69, 9.17) is 0 Å². The Labute approximate surface area is 112 Å². The SMILES string of the molecule is CNc1cnc(CN(C)Cc2ccccc2F)cn1. The minimum atomic E-state index is -0.175. The average molecular weight is 260 g/mol. The van der Waals surface area contributed by atoms with Crippen LogP contribution in [0.15, 0.2) is 36.7 Å². The van der Waals surface area contributed by atoms with Gasteiger partial charge in [0.25, 0.3) is 0 Å². The molecule has 2 rings (SSSR count). The second kappa shape index (κ2) is 6.24. The molecule has 0 spiro atoms. The fourth-order valence-corrected chi connectivity index (χ4v) is 1.82. The first kappa shape index (κ1) is 13.4. The van der Waals surface area contributed by atoms with Gasteiger partial charge in [-0.05, 0) is 13.1 Å². The van der Waals surface area contributed by atoms with Crippen molar-refractivity contribution in [2.24, 2.45) is 0 Å². The maximum Gasteiger partial charge on any atom is 0.144 e. The van der Waals surface area contributed by atoms with Crippen LogP contribution in [0.4, 0.5) is 10.2 Å². The summed E-state index contributed by atoms with van der Waals surface area (Å²) in [6.45, 7) is 1.17. The van der Waals surface area contributed by atoms with Crippen molar-refractivity contribution in [3.05, 3.63) is 53.7 Å². The Hall–Kier alpha value is -2.01. The van der Waals surface area contributed by atoms with Crippen LogP contribution in [0.2, 0.25) is 0 Å². The molecule has 0 bridgehead atoms. The van der Waals surface area contributed by atoms with E-state index in [0.29, 0.717) is 18.7 Å². The van der Waals surface area contributed by atoms with E-state index in [1.54, 1.807) is 31.6 Å². The number of anilines is 1. The van der Waals surface area contributed by atoms with Crippen LogP contribution in [0.3, 0.4) is 0 Å². The third-order valence-corrected chi connectivity index (χ3v) is 2.79. The van der Waals surface area contributed by atoms with E-state index in [2.05, 4.69) is 15.3 Å². The molecule has 5 heteroatoms. The molecule has 19 heavy (non-hydrogen) atoms. The van der Waals surface area contributed by atoms with Crippen molar-refractivity contribution in [2.75, 3.05) is 19.4 Å². The molecular weight excluding hydrogens is 243 g/mol. The molecule has 0 fully saturated rings. The standard InChI is InChI=1S/C14H17FN4/c1-16-14-8-17-12(7-18-14)10-19(2)9-11-5-3-4-6-13(11)15/h3-8H,9-10H2,1-2H3,(H,16,18). The van der Waals surface area contributed by atoms with Crippen molar-refractivity contribution in [3.8, 4) is 0 Å². The van der Waals surface area contributed by atoms with E-state index in [1.807, 2.05) is 18.0 Å². The van der Waals surface area contributed by atoms with E-state index in [0.717, 1.165) is 11.5 Å². The molecule has 0 unspecified atom stereocenters. The first-order valence-electron chi connectivity index (χ1n) is 6.09. The van der Waals surface area contributed by atoms with Gasteiger partial charge >= 0.3 is 0 Å². The summed E-state index contributed by atoms with van der Waals surface area (Å²) >= 11 is 0. The Kier molecular flexibility index (Phi) is 4.41. The van der Waals surface area contributed by atoms with E-state index in [9.17, 15) is 4.39 Å². The zero-order valence-corrected chi connectivity index (χ0v) is 11.1. The van der Waals surface area contributed by atoms with E-state index < -0.39 is 0 Å². The second-order valence-corrected chi connectivity index (χ2v) is 4.41. The van der Waals surface area contributed by atoms with Gasteiger partial charge in [-0.2, -0.15) is 0 Å². The van der Waals surface area contributed by atoms with Crippen LogP contribution in [0.1, 0.15) is 11.3 Å². The Morgan fingerprint density at radius 1 is 1.16 bits per heavy atom. The van der Waals surface area contributed by atoms with Gasteiger partial charge in [0.05, 0.1) is 18.1 Å². The summed E-state index contributed by atoms with van der Waals surface area (Å²) in [6.07, 6.45) is 3.41. The van der Waals surface area contributed by atoms with Crippen molar-refractivity contribution in [2.45, 2.75) is 13.1 Å². The fourth-order valence-electron chi connectivity index (χ4n) is 1.82. The van der Waals surface area contributed by atoms with Gasteiger partial charge in [-0.1, -0.05) is 18.2 Å². The molecule has 1 aromatic heterocycles. The monoisotopic (exact) mass is 260 g/mol. The summed E-state index contributed by atoms with van der Waals surface area (Å²) in [5, 5.41) is 2.92. The third-order valence-electron chi connectivity index (χ3n) is 2.79. The van der Waals surface area contributed by atoms with Crippen molar-refractivity contribution in [1.29, 1.82) is 0 Å². The zero-order chi connectivity index (χ0) is 13.7. The Bertz CT molecular complexity index is 527. The van der Waals surface area contributed by atoms with Gasteiger partial charge in [-0.3, -0.25) is 9.88 Å². The smallest absolute Gasteiger partial charge is 0.144 e. The lowest BCUT2D eigenvalue weighted by Gasteiger charge is -2.16. The zero-order valence-electron chi connectivity index (χ0n) is 11.1. The maximum absolute atomic E-state index is 13.5. The Morgan fingerprint density at radius 2 is 1.95 bits per heavy atom. The number of rotatable bonds is 5. The molecule has 0 aliphatic rings. The molecule has 0 radical (unpaired) electrons. The molecule has 0 atom stereocenters. The first-order chi connectivity index (χ1) is 9.19. The number of nitrogens with one attached hydrogen (secondary N) is 1. The second-order valence-electron chi connectivity index (χ2n) is 4.41. The number of halogens is 1. The quantitative estimate of drug-likeness (QED) is 0.895. The summed E-state index contributed by atoms with van der Waals surface area (Å²) in [5.41, 5.74) is 1.54. The highest BCUT2D eigenvalue weighted by molar-refractivity contribution is 5.29. The highest BCUT2D eigenvalue weighted by atomic mass is 19.1. The topological polar surface area (TPSA) is 41.1 Å². The normalized spacial score (nSPS) is 10.7. The molecule has 4 nitrogen and oxygen atoms in total. The minimum absolute atomic E-state index is 0.175. The molecular formula is C14H17FN4. The predicted octanol–water partition coefficient (Wildman–Crippen LogP) is 2.29. The first-order valence-corrected chi connectivity index (χ1v) is 6.09. The molecule has 0 saturated carbocycles. The average Bonchev–Trinajstić information content (AvgIpc) is 2.42. The highest BCUT2D eigenvalue weighted by Gasteiger charge is 2.06. The van der Waals surface area contributed by atoms with Crippen LogP contribution >= 0.6 is 0 Å². The lowest BCUT2D eigenvalue weighted by atomic mass is 10.2. The Balaban J connectivity index is 1.97. The molecule has 0 aliphatic heterocycles. The van der Waals surface area contributed by atoms with E-state index in [-0.39, 0.29) is 5.82 Å². The lowest BCUT2D eigenvalue weighted by Crippen LogP contribution is -2.18. The van der Waals surface area contributed by atoms with Crippen molar-refractivity contribution < 1.29 is 4.39 Å². The van der Waals surface area contributed by atoms with Crippen LogP contribution in [0.25, 0.3) is 0 Å². The summed E-state index contributed by atoms with van der Waals surface area (Å²) in [6, 6.07) is 6.81. The van der Waals surface area contributed by atoms with E-state index >= 15 is 0 Å². The van der Waals surface area contributed by atoms with Gasteiger partial charge in [0.2, 0.25) is 0 Å². The van der Waals surface area contributed by atoms with Crippen molar-refractivity contribution in [3.63, 3.8) is 0 Å². The number of benzene rings is 1. The van der Waals surface area contributed by atoms with Crippen LogP contribution in [-0.4, -0.2) is 29.0 Å². The van der Waals surface area contributed by atoms with Crippen LogP contribution in [0, 0.1) is 5.82 Å². The van der Waals surface area contributed by atoms with Gasteiger partial charge in [0, 0.05) is 25.7 Å². The molecule has 100 valence electrons. The summed E-state index contributed by atoms with van der Waals surface area (Å²) in [7, 11) is 3.73. The molecule has 2 aromatic rings. The summed E-state index contributed by atoms with van der Waals surface area (Å²) in [4.78, 5) is 10.5. The maximum atomic E-state index is 13.5. The number of hydrogen-bond acceptors (Lipinski definition) is 4. The highest BCUT2D eigenvalue weighted by Crippen LogP contribution is 2.10. The van der Waals surface area contributed by atoms with Gasteiger partial charge in [0.1, 0.15) is 11.6 Å². The minimum Gasteiger partial charge on any atom is -0.372 e. The number of aromatic nitrogens is 2. The van der Waals surface area contributed by atoms with Gasteiger partial charge in [0.15, 0.2) is 0 Å². The molecule has 1 aromatic carbocycles. The number of hydrogen-bond donors (Lipinski definition) is 1. The largest absolute Gasteiger partial charge is 0.372 e. The summed E-state index contributed by atoms with van der Waals surface area (Å²) < 4.78 is 13.5. The van der Waals surface area contributed by atoms with Gasteiger partial charge < -0.3 is 5.32 Å². The van der Waals surface area contributed by atoms with Crippen LogP contribution in [0.5, 0.6) is 0 Å². The van der Waals surface area contributed by atoms with Crippen LogP contribution in [-0.2, 0) is 13.1 Å². The number of nitrogens with zero attached hydrogens (tertiary/aromatic N) is 3. The summed E-state index contributed by atoms with van der Waals surface area (Å²) in [5.74, 6) is 0.562. The molecule has 0 amide bonds. The molecule has 1 heterocycles. The Morgan fingerprint density at radius 3 is 2.58 bits per heavy atom. The van der Waals surface area contributed by atoms with Crippen molar-refractivity contribution >= 4 is 5.82 Å². The lowest BCUT2D eigenvalue weighted by molar-refractivity contribution is 0.309. The fraction of sp³-hybridized carbons (Fsp3) is 0.286. The van der Waals surface area contributed by atoms with Gasteiger partial charge in [-0.15, -0.1) is 0 Å². The van der Waals surface area contributed by atoms with Crippen molar-refractivity contribution in [1.82, 2.24) is 14.9 Å². The molecule has 0 saturated heterocycles. The predicted molar refractivity (Wildman–Crippen MR) is 73.1 cm³/mol. The molecule has 0 aliphatic carbocycles. The molecule has 1 N–H and O–H groups in total. The van der Waals surface area contributed by atoms with Gasteiger partial charge in [-0.25, -0.2) is 9.37 Å². The van der Waals surface area contributed by atoms with Crippen LogP contribution < -0.4 is 5.32 Å². The van der Waals surface area contributed by atoms with E-state index in [1.165, 1.54) is 6.07 Å².